The zero-order valence-electron chi connectivity index (χ0n) is 8.75. The van der Waals surface area contributed by atoms with Crippen LogP contribution in [-0.4, -0.2) is 36.2 Å². The molecule has 1 aliphatic rings. The SMILES string of the molecule is CC[C@H](CO)NC(=O)[C@H]1CCCCN1. The molecule has 0 aliphatic carbocycles. The van der Waals surface area contributed by atoms with Crippen molar-refractivity contribution in [3.63, 3.8) is 0 Å². The van der Waals surface area contributed by atoms with Gasteiger partial charge in [-0.15, -0.1) is 0 Å². The standard InChI is InChI=1S/C10H20N2O2/c1-2-8(7-13)12-10(14)9-5-3-4-6-11-9/h8-9,11,13H,2-7H2,1H3,(H,12,14)/t8-,9-/m1/s1. The van der Waals surface area contributed by atoms with Crippen molar-refractivity contribution in [1.82, 2.24) is 10.6 Å². The fourth-order valence-electron chi connectivity index (χ4n) is 1.65. The number of hydrogen-bond acceptors (Lipinski definition) is 3. The lowest BCUT2D eigenvalue weighted by atomic mass is 10.0. The van der Waals surface area contributed by atoms with E-state index >= 15 is 0 Å². The molecule has 0 spiro atoms. The number of amides is 1. The summed E-state index contributed by atoms with van der Waals surface area (Å²) >= 11 is 0. The van der Waals surface area contributed by atoms with E-state index in [1.807, 2.05) is 6.92 Å². The van der Waals surface area contributed by atoms with Crippen LogP contribution in [-0.2, 0) is 4.79 Å². The minimum Gasteiger partial charge on any atom is -0.394 e. The summed E-state index contributed by atoms with van der Waals surface area (Å²) in [5.74, 6) is 0.0330. The van der Waals surface area contributed by atoms with Crippen molar-refractivity contribution < 1.29 is 9.90 Å². The van der Waals surface area contributed by atoms with Crippen molar-refractivity contribution in [2.75, 3.05) is 13.2 Å². The van der Waals surface area contributed by atoms with Crippen molar-refractivity contribution in [2.45, 2.75) is 44.7 Å². The number of aliphatic hydroxyl groups excluding tert-OH is 1. The maximum Gasteiger partial charge on any atom is 0.237 e. The molecule has 1 fully saturated rings. The van der Waals surface area contributed by atoms with Gasteiger partial charge >= 0.3 is 0 Å². The maximum atomic E-state index is 11.6. The molecule has 3 N–H and O–H groups in total. The van der Waals surface area contributed by atoms with Crippen LogP contribution in [0.2, 0.25) is 0 Å². The van der Waals surface area contributed by atoms with Gasteiger partial charge in [0.05, 0.1) is 18.7 Å². The third-order valence-electron chi connectivity index (χ3n) is 2.69. The fraction of sp³-hybridized carbons (Fsp3) is 0.900. The minimum absolute atomic E-state index is 0.0228. The van der Waals surface area contributed by atoms with Crippen LogP contribution in [0, 0.1) is 0 Å². The van der Waals surface area contributed by atoms with Crippen molar-refractivity contribution in [2.24, 2.45) is 0 Å². The second-order valence-corrected chi connectivity index (χ2v) is 3.80. The van der Waals surface area contributed by atoms with Gasteiger partial charge in [-0.2, -0.15) is 0 Å². The topological polar surface area (TPSA) is 61.4 Å². The lowest BCUT2D eigenvalue weighted by molar-refractivity contribution is -0.124. The van der Waals surface area contributed by atoms with E-state index in [9.17, 15) is 4.79 Å². The molecule has 0 saturated carbocycles. The van der Waals surface area contributed by atoms with Gasteiger partial charge < -0.3 is 15.7 Å². The molecule has 2 atom stereocenters. The number of carbonyl (C=O) groups is 1. The smallest absolute Gasteiger partial charge is 0.237 e. The molecule has 1 amide bonds. The second kappa shape index (κ2) is 5.98. The Bertz CT molecular complexity index is 175. The van der Waals surface area contributed by atoms with Gasteiger partial charge in [0.2, 0.25) is 5.91 Å². The van der Waals surface area contributed by atoms with Crippen LogP contribution in [0.15, 0.2) is 0 Å². The van der Waals surface area contributed by atoms with E-state index in [0.29, 0.717) is 0 Å². The largest absolute Gasteiger partial charge is 0.394 e. The van der Waals surface area contributed by atoms with E-state index < -0.39 is 0 Å². The predicted octanol–water partition coefficient (Wildman–Crippen LogP) is 0.0156. The summed E-state index contributed by atoms with van der Waals surface area (Å²) in [6.45, 7) is 2.90. The third-order valence-corrected chi connectivity index (χ3v) is 2.69. The Hall–Kier alpha value is -0.610. The first kappa shape index (κ1) is 11.5. The van der Waals surface area contributed by atoms with Crippen LogP contribution in [0.5, 0.6) is 0 Å². The average Bonchev–Trinajstić information content (AvgIpc) is 2.26. The van der Waals surface area contributed by atoms with Crippen LogP contribution in [0.1, 0.15) is 32.6 Å². The predicted molar refractivity (Wildman–Crippen MR) is 54.9 cm³/mol. The Labute approximate surface area is 85.1 Å². The molecule has 0 radical (unpaired) electrons. The third kappa shape index (κ3) is 3.27. The molecule has 4 nitrogen and oxygen atoms in total. The Morgan fingerprint density at radius 1 is 1.64 bits per heavy atom. The summed E-state index contributed by atoms with van der Waals surface area (Å²) in [7, 11) is 0. The van der Waals surface area contributed by atoms with E-state index in [1.165, 1.54) is 0 Å². The summed E-state index contributed by atoms with van der Waals surface area (Å²) < 4.78 is 0. The molecule has 1 rings (SSSR count). The highest BCUT2D eigenvalue weighted by atomic mass is 16.3. The summed E-state index contributed by atoms with van der Waals surface area (Å²) in [6, 6.07) is -0.143. The first-order valence-electron chi connectivity index (χ1n) is 5.42. The highest BCUT2D eigenvalue weighted by molar-refractivity contribution is 5.82. The maximum absolute atomic E-state index is 11.6. The molecular formula is C10H20N2O2. The van der Waals surface area contributed by atoms with Crippen molar-refractivity contribution >= 4 is 5.91 Å². The Balaban J connectivity index is 2.32. The second-order valence-electron chi connectivity index (χ2n) is 3.80. The molecule has 14 heavy (non-hydrogen) atoms. The van der Waals surface area contributed by atoms with E-state index in [1.54, 1.807) is 0 Å². The zero-order valence-corrected chi connectivity index (χ0v) is 8.75. The molecule has 0 bridgehead atoms. The Kier molecular flexibility index (Phi) is 4.90. The average molecular weight is 200 g/mol. The first-order valence-corrected chi connectivity index (χ1v) is 5.42. The highest BCUT2D eigenvalue weighted by Crippen LogP contribution is 2.07. The van der Waals surface area contributed by atoms with Gasteiger partial charge in [0.15, 0.2) is 0 Å². The number of nitrogens with one attached hydrogen (secondary N) is 2. The van der Waals surface area contributed by atoms with Crippen LogP contribution in [0.4, 0.5) is 0 Å². The molecule has 0 aromatic carbocycles. The number of piperidine rings is 1. The highest BCUT2D eigenvalue weighted by Gasteiger charge is 2.21. The normalized spacial score (nSPS) is 24.3. The Morgan fingerprint density at radius 3 is 2.93 bits per heavy atom. The molecule has 4 heteroatoms. The quantitative estimate of drug-likeness (QED) is 0.599. The Morgan fingerprint density at radius 2 is 2.43 bits per heavy atom. The van der Waals surface area contributed by atoms with Gasteiger partial charge in [-0.25, -0.2) is 0 Å². The van der Waals surface area contributed by atoms with Gasteiger partial charge in [-0.05, 0) is 25.8 Å². The van der Waals surface area contributed by atoms with Crippen molar-refractivity contribution in [3.8, 4) is 0 Å². The van der Waals surface area contributed by atoms with Crippen LogP contribution >= 0.6 is 0 Å². The number of hydrogen-bond donors (Lipinski definition) is 3. The van der Waals surface area contributed by atoms with E-state index in [-0.39, 0.29) is 24.6 Å². The molecule has 1 heterocycles. The molecule has 0 aromatic heterocycles. The van der Waals surface area contributed by atoms with E-state index in [4.69, 9.17) is 5.11 Å². The lowest BCUT2D eigenvalue weighted by Crippen LogP contribution is -2.50. The van der Waals surface area contributed by atoms with Gasteiger partial charge in [0.25, 0.3) is 0 Å². The summed E-state index contributed by atoms with van der Waals surface area (Å²) in [5, 5.41) is 15.0. The molecule has 1 aliphatic heterocycles. The monoisotopic (exact) mass is 200 g/mol. The molecule has 0 unspecified atom stereocenters. The van der Waals surface area contributed by atoms with Crippen molar-refractivity contribution in [1.29, 1.82) is 0 Å². The molecule has 82 valence electrons. The summed E-state index contributed by atoms with van der Waals surface area (Å²) in [4.78, 5) is 11.6. The first-order chi connectivity index (χ1) is 6.77. The molecule has 0 aromatic rings. The summed E-state index contributed by atoms with van der Waals surface area (Å²) in [6.07, 6.45) is 3.95. The minimum atomic E-state index is -0.0915. The molecular weight excluding hydrogens is 180 g/mol. The van der Waals surface area contributed by atoms with E-state index in [2.05, 4.69) is 10.6 Å². The number of carbonyl (C=O) groups excluding carboxylic acids is 1. The molecule has 1 saturated heterocycles. The number of aliphatic hydroxyl groups is 1. The van der Waals surface area contributed by atoms with Crippen molar-refractivity contribution in [3.05, 3.63) is 0 Å². The lowest BCUT2D eigenvalue weighted by Gasteiger charge is -2.24. The van der Waals surface area contributed by atoms with Crippen LogP contribution in [0.3, 0.4) is 0 Å². The van der Waals surface area contributed by atoms with Gasteiger partial charge in [0, 0.05) is 0 Å². The number of rotatable bonds is 4. The van der Waals surface area contributed by atoms with Gasteiger partial charge in [-0.1, -0.05) is 13.3 Å². The van der Waals surface area contributed by atoms with E-state index in [0.717, 1.165) is 32.2 Å². The zero-order chi connectivity index (χ0) is 10.4. The fourth-order valence-corrected chi connectivity index (χ4v) is 1.65. The van der Waals surface area contributed by atoms with Gasteiger partial charge in [0.1, 0.15) is 0 Å². The van der Waals surface area contributed by atoms with Gasteiger partial charge in [-0.3, -0.25) is 4.79 Å². The van der Waals surface area contributed by atoms with Crippen LogP contribution in [0.25, 0.3) is 0 Å². The van der Waals surface area contributed by atoms with Crippen LogP contribution < -0.4 is 10.6 Å². The summed E-state index contributed by atoms with van der Waals surface area (Å²) in [5.41, 5.74) is 0.